The lowest BCUT2D eigenvalue weighted by molar-refractivity contribution is -0.121. The molecule has 0 radical (unpaired) electrons. The Morgan fingerprint density at radius 1 is 1.35 bits per heavy atom. The molecule has 0 atom stereocenters. The molecule has 3 N–H and O–H groups in total. The van der Waals surface area contributed by atoms with Crippen LogP contribution in [0.15, 0.2) is 27.8 Å². The van der Waals surface area contributed by atoms with Gasteiger partial charge in [-0.1, -0.05) is 0 Å². The number of aliphatic imine (C=N–C) groups is 1. The third-order valence-corrected chi connectivity index (χ3v) is 2.16. The lowest BCUT2D eigenvalue weighted by atomic mass is 10.1. The van der Waals surface area contributed by atoms with Gasteiger partial charge in [0.2, 0.25) is 5.91 Å². The summed E-state index contributed by atoms with van der Waals surface area (Å²) in [6.45, 7) is 6.52. The van der Waals surface area contributed by atoms with E-state index in [0.29, 0.717) is 12.5 Å². The summed E-state index contributed by atoms with van der Waals surface area (Å²) in [6.07, 6.45) is 1.62. The van der Waals surface area contributed by atoms with Gasteiger partial charge in [0.25, 0.3) is 0 Å². The molecule has 7 heteroatoms. The van der Waals surface area contributed by atoms with E-state index < -0.39 is 0 Å². The lowest BCUT2D eigenvalue weighted by Crippen LogP contribution is -2.48. The number of hydrogen-bond acceptors (Lipinski definition) is 3. The number of amides is 1. The van der Waals surface area contributed by atoms with Gasteiger partial charge in [0, 0.05) is 12.6 Å². The Labute approximate surface area is 136 Å². The minimum absolute atomic E-state index is 0. The predicted molar refractivity (Wildman–Crippen MR) is 90.2 cm³/mol. The van der Waals surface area contributed by atoms with Gasteiger partial charge in [-0.05, 0) is 32.9 Å². The van der Waals surface area contributed by atoms with E-state index in [0.717, 1.165) is 5.76 Å². The first kappa shape index (κ1) is 18.8. The summed E-state index contributed by atoms with van der Waals surface area (Å²) in [5, 5.41) is 8.86. The smallest absolute Gasteiger partial charge is 0.239 e. The van der Waals surface area contributed by atoms with Gasteiger partial charge >= 0.3 is 0 Å². The van der Waals surface area contributed by atoms with Crippen LogP contribution in [-0.4, -0.2) is 31.0 Å². The number of carbonyl (C=O) groups excluding carboxylic acids is 1. The van der Waals surface area contributed by atoms with Crippen LogP contribution in [0.3, 0.4) is 0 Å². The van der Waals surface area contributed by atoms with Crippen molar-refractivity contribution in [3.05, 3.63) is 24.2 Å². The molecule has 0 aliphatic heterocycles. The lowest BCUT2D eigenvalue weighted by Gasteiger charge is -2.21. The molecule has 1 aromatic rings. The van der Waals surface area contributed by atoms with Crippen molar-refractivity contribution < 1.29 is 9.21 Å². The normalized spacial score (nSPS) is 11.5. The maximum Gasteiger partial charge on any atom is 0.239 e. The number of halogens is 1. The van der Waals surface area contributed by atoms with E-state index in [9.17, 15) is 4.79 Å². The second kappa shape index (κ2) is 8.83. The van der Waals surface area contributed by atoms with Crippen LogP contribution in [0.5, 0.6) is 0 Å². The largest absolute Gasteiger partial charge is 0.467 e. The fraction of sp³-hybridized carbons (Fsp3) is 0.538. The van der Waals surface area contributed by atoms with Crippen LogP contribution < -0.4 is 16.0 Å². The number of rotatable bonds is 4. The van der Waals surface area contributed by atoms with E-state index in [4.69, 9.17) is 4.42 Å². The zero-order chi connectivity index (χ0) is 14.3. The molecule has 1 rings (SSSR count). The van der Waals surface area contributed by atoms with Gasteiger partial charge in [-0.15, -0.1) is 24.0 Å². The van der Waals surface area contributed by atoms with Crippen LogP contribution in [0.4, 0.5) is 0 Å². The molecule has 0 bridgehead atoms. The number of nitrogens with one attached hydrogen (secondary N) is 3. The molecule has 1 heterocycles. The van der Waals surface area contributed by atoms with E-state index in [1.165, 1.54) is 0 Å². The van der Waals surface area contributed by atoms with Crippen LogP contribution in [0.2, 0.25) is 0 Å². The second-order valence-corrected chi connectivity index (χ2v) is 5.16. The number of carbonyl (C=O) groups is 1. The van der Waals surface area contributed by atoms with Crippen LogP contribution in [0, 0.1) is 0 Å². The van der Waals surface area contributed by atoms with E-state index in [1.807, 2.05) is 32.9 Å². The summed E-state index contributed by atoms with van der Waals surface area (Å²) in [5.41, 5.74) is -0.232. The van der Waals surface area contributed by atoms with Crippen molar-refractivity contribution in [2.75, 3.05) is 13.6 Å². The molecule has 0 saturated carbocycles. The highest BCUT2D eigenvalue weighted by Crippen LogP contribution is 1.98. The predicted octanol–water partition coefficient (Wildman–Crippen LogP) is 1.48. The van der Waals surface area contributed by atoms with Crippen molar-refractivity contribution in [3.8, 4) is 0 Å². The zero-order valence-corrected chi connectivity index (χ0v) is 14.6. The molecule has 20 heavy (non-hydrogen) atoms. The summed E-state index contributed by atoms with van der Waals surface area (Å²) in [7, 11) is 1.65. The third-order valence-electron chi connectivity index (χ3n) is 2.16. The van der Waals surface area contributed by atoms with Gasteiger partial charge in [-0.25, -0.2) is 0 Å². The van der Waals surface area contributed by atoms with Gasteiger partial charge in [0.1, 0.15) is 5.76 Å². The van der Waals surface area contributed by atoms with Crippen LogP contribution in [-0.2, 0) is 11.3 Å². The van der Waals surface area contributed by atoms with Crippen molar-refractivity contribution in [1.82, 2.24) is 16.0 Å². The maximum atomic E-state index is 11.6. The molecule has 0 unspecified atom stereocenters. The summed E-state index contributed by atoms with van der Waals surface area (Å²) in [5.74, 6) is 1.29. The molecule has 0 fully saturated rings. The number of guanidine groups is 1. The molecule has 6 nitrogen and oxygen atoms in total. The fourth-order valence-electron chi connectivity index (χ4n) is 1.43. The molecule has 114 valence electrons. The summed E-state index contributed by atoms with van der Waals surface area (Å²) < 4.78 is 5.20. The van der Waals surface area contributed by atoms with E-state index >= 15 is 0 Å². The van der Waals surface area contributed by atoms with Crippen LogP contribution in [0.25, 0.3) is 0 Å². The van der Waals surface area contributed by atoms with Gasteiger partial charge in [-0.3, -0.25) is 9.79 Å². The standard InChI is InChI=1S/C13H22N4O2.HI/c1-13(2,3)17-11(18)9-16-12(14-4)15-8-10-6-5-7-19-10;/h5-7H,8-9H2,1-4H3,(H,17,18)(H2,14,15,16);1H. The minimum Gasteiger partial charge on any atom is -0.467 e. The highest BCUT2D eigenvalue weighted by Gasteiger charge is 2.13. The molecular formula is C13H23IN4O2. The zero-order valence-electron chi connectivity index (χ0n) is 12.3. The summed E-state index contributed by atoms with van der Waals surface area (Å²) in [4.78, 5) is 15.7. The summed E-state index contributed by atoms with van der Waals surface area (Å²) in [6, 6.07) is 3.69. The first-order valence-corrected chi connectivity index (χ1v) is 6.18. The minimum atomic E-state index is -0.232. The fourth-order valence-corrected chi connectivity index (χ4v) is 1.43. The van der Waals surface area contributed by atoms with Gasteiger partial charge < -0.3 is 20.4 Å². The highest BCUT2D eigenvalue weighted by molar-refractivity contribution is 14.0. The first-order valence-electron chi connectivity index (χ1n) is 6.18. The van der Waals surface area contributed by atoms with Gasteiger partial charge in [0.15, 0.2) is 5.96 Å². The third kappa shape index (κ3) is 8.03. The Morgan fingerprint density at radius 2 is 2.05 bits per heavy atom. The maximum absolute atomic E-state index is 11.6. The van der Waals surface area contributed by atoms with Crippen LogP contribution >= 0.6 is 24.0 Å². The molecule has 0 aromatic carbocycles. The Bertz CT molecular complexity index is 424. The van der Waals surface area contributed by atoms with E-state index in [1.54, 1.807) is 13.3 Å². The number of nitrogens with zero attached hydrogens (tertiary/aromatic N) is 1. The quantitative estimate of drug-likeness (QED) is 0.411. The Hall–Kier alpha value is -1.25. The molecule has 1 amide bonds. The first-order chi connectivity index (χ1) is 8.90. The monoisotopic (exact) mass is 394 g/mol. The SMILES string of the molecule is CN=C(NCC(=O)NC(C)(C)C)NCc1ccco1.I. The molecule has 0 saturated heterocycles. The van der Waals surface area contributed by atoms with Crippen LogP contribution in [0.1, 0.15) is 26.5 Å². The van der Waals surface area contributed by atoms with Gasteiger partial charge in [0.05, 0.1) is 19.4 Å². The average molecular weight is 394 g/mol. The Balaban J connectivity index is 0.00000361. The van der Waals surface area contributed by atoms with Crippen molar-refractivity contribution in [2.24, 2.45) is 4.99 Å². The molecule has 1 aromatic heterocycles. The summed E-state index contributed by atoms with van der Waals surface area (Å²) >= 11 is 0. The van der Waals surface area contributed by atoms with Crippen molar-refractivity contribution in [2.45, 2.75) is 32.9 Å². The van der Waals surface area contributed by atoms with E-state index in [2.05, 4.69) is 20.9 Å². The average Bonchev–Trinajstić information content (AvgIpc) is 2.80. The van der Waals surface area contributed by atoms with Gasteiger partial charge in [-0.2, -0.15) is 0 Å². The highest BCUT2D eigenvalue weighted by atomic mass is 127. The van der Waals surface area contributed by atoms with E-state index in [-0.39, 0.29) is 42.0 Å². The molecule has 0 aliphatic rings. The molecule has 0 spiro atoms. The molecule has 0 aliphatic carbocycles. The second-order valence-electron chi connectivity index (χ2n) is 5.16. The van der Waals surface area contributed by atoms with Crippen molar-refractivity contribution >= 4 is 35.8 Å². The van der Waals surface area contributed by atoms with Crippen molar-refractivity contribution in [1.29, 1.82) is 0 Å². The Morgan fingerprint density at radius 3 is 2.55 bits per heavy atom. The topological polar surface area (TPSA) is 78.7 Å². The Kier molecular flexibility index (Phi) is 8.28. The van der Waals surface area contributed by atoms with Crippen molar-refractivity contribution in [3.63, 3.8) is 0 Å². The molecular weight excluding hydrogens is 371 g/mol. The number of furan rings is 1. The number of hydrogen-bond donors (Lipinski definition) is 3.